The Labute approximate surface area is 239 Å². The fourth-order valence-corrected chi connectivity index (χ4v) is 5.07. The average molecular weight is 563 g/mol. The summed E-state index contributed by atoms with van der Waals surface area (Å²) in [6, 6.07) is 7.19. The number of fused-ring (bicyclic) bond motifs is 1. The van der Waals surface area contributed by atoms with Crippen LogP contribution in [0.1, 0.15) is 40.0 Å². The van der Waals surface area contributed by atoms with Crippen LogP contribution in [0.25, 0.3) is 11.2 Å². The molecule has 1 saturated heterocycles. The van der Waals surface area contributed by atoms with Crippen LogP contribution in [-0.2, 0) is 23.1 Å². The standard InChI is InChI=1S/C30H38N6O5/c1-6-9-19(4)16-36-25-26(32-29(36)35-13-8-10-20(31)17-35)33-30(34(5)27(25)37)41-22-12-7-11-21(14-22)40-24-15-23(24)28(38)39-18(2)3/h6-7,9,11-12,14,18,20,23-24H,1,8,10,13,15-17,31H2,2-5H3/b19-9+/t20-,23?,24?/m1/s1. The third kappa shape index (κ3) is 6.30. The summed E-state index contributed by atoms with van der Waals surface area (Å²) in [5.41, 5.74) is 7.73. The Hall–Kier alpha value is -4.12. The molecule has 1 aliphatic carbocycles. The molecule has 0 bridgehead atoms. The van der Waals surface area contributed by atoms with Crippen LogP contribution in [-0.4, -0.2) is 56.4 Å². The number of nitrogens with zero attached hydrogens (tertiary/aromatic N) is 5. The lowest BCUT2D eigenvalue weighted by atomic mass is 10.1. The number of hydrogen-bond donors (Lipinski definition) is 1. The maximum Gasteiger partial charge on any atom is 0.313 e. The normalized spacial score (nSPS) is 20.8. The Bertz CT molecular complexity index is 1540. The van der Waals surface area contributed by atoms with Gasteiger partial charge in [0.25, 0.3) is 5.56 Å². The highest BCUT2D eigenvalue weighted by Gasteiger charge is 2.47. The van der Waals surface area contributed by atoms with E-state index in [0.717, 1.165) is 25.0 Å². The number of rotatable bonds is 10. The van der Waals surface area contributed by atoms with E-state index in [4.69, 9.17) is 24.9 Å². The van der Waals surface area contributed by atoms with Crippen molar-refractivity contribution in [3.8, 4) is 17.5 Å². The van der Waals surface area contributed by atoms with Crippen LogP contribution in [0, 0.1) is 5.92 Å². The second-order valence-electron chi connectivity index (χ2n) is 11.1. The number of carbonyl (C=O) groups excluding carboxylic acids is 1. The topological polar surface area (TPSA) is 127 Å². The maximum atomic E-state index is 13.7. The van der Waals surface area contributed by atoms with E-state index in [1.54, 1.807) is 37.4 Å². The lowest BCUT2D eigenvalue weighted by Gasteiger charge is -2.31. The van der Waals surface area contributed by atoms with Crippen LogP contribution >= 0.6 is 0 Å². The summed E-state index contributed by atoms with van der Waals surface area (Å²) in [5.74, 6) is 1.15. The van der Waals surface area contributed by atoms with E-state index in [2.05, 4.69) is 16.5 Å². The lowest BCUT2D eigenvalue weighted by molar-refractivity contribution is -0.149. The van der Waals surface area contributed by atoms with Gasteiger partial charge in [0.15, 0.2) is 11.2 Å². The molecule has 41 heavy (non-hydrogen) atoms. The Morgan fingerprint density at radius 2 is 2.05 bits per heavy atom. The molecule has 3 aromatic rings. The molecule has 0 radical (unpaired) electrons. The van der Waals surface area contributed by atoms with Gasteiger partial charge in [-0.05, 0) is 45.7 Å². The van der Waals surface area contributed by atoms with E-state index in [1.165, 1.54) is 4.57 Å². The molecule has 2 aromatic heterocycles. The Morgan fingerprint density at radius 1 is 1.27 bits per heavy atom. The summed E-state index contributed by atoms with van der Waals surface area (Å²) in [5, 5.41) is 0. The van der Waals surface area contributed by atoms with E-state index in [9.17, 15) is 9.59 Å². The molecule has 2 N–H and O–H groups in total. The number of esters is 1. The molecule has 2 unspecified atom stereocenters. The summed E-state index contributed by atoms with van der Waals surface area (Å²) in [6.07, 6.45) is 5.76. The van der Waals surface area contributed by atoms with Gasteiger partial charge in [-0.1, -0.05) is 30.4 Å². The van der Waals surface area contributed by atoms with Crippen molar-refractivity contribution in [3.05, 3.63) is 58.9 Å². The zero-order chi connectivity index (χ0) is 29.3. The van der Waals surface area contributed by atoms with Crippen LogP contribution in [0.2, 0.25) is 0 Å². The number of aromatic nitrogens is 4. The Morgan fingerprint density at radius 3 is 2.78 bits per heavy atom. The molecule has 1 aliphatic heterocycles. The van der Waals surface area contributed by atoms with Crippen LogP contribution in [0.4, 0.5) is 5.95 Å². The summed E-state index contributed by atoms with van der Waals surface area (Å²) in [7, 11) is 1.62. The van der Waals surface area contributed by atoms with Crippen molar-refractivity contribution in [2.45, 2.75) is 64.8 Å². The first-order valence-corrected chi connectivity index (χ1v) is 14.1. The van der Waals surface area contributed by atoms with Gasteiger partial charge in [-0.25, -0.2) is 0 Å². The smallest absolute Gasteiger partial charge is 0.313 e. The van der Waals surface area contributed by atoms with Crippen molar-refractivity contribution in [2.75, 3.05) is 18.0 Å². The predicted octanol–water partition coefficient (Wildman–Crippen LogP) is 3.70. The highest BCUT2D eigenvalue weighted by Crippen LogP contribution is 2.37. The number of ether oxygens (including phenoxy) is 3. The summed E-state index contributed by atoms with van der Waals surface area (Å²) < 4.78 is 20.6. The van der Waals surface area contributed by atoms with E-state index >= 15 is 0 Å². The van der Waals surface area contributed by atoms with Crippen molar-refractivity contribution in [2.24, 2.45) is 18.7 Å². The molecule has 218 valence electrons. The molecule has 2 fully saturated rings. The number of carbonyl (C=O) groups is 1. The van der Waals surface area contributed by atoms with E-state index < -0.39 is 0 Å². The molecule has 5 rings (SSSR count). The van der Waals surface area contributed by atoms with Crippen molar-refractivity contribution < 1.29 is 19.0 Å². The minimum absolute atomic E-state index is 0.0396. The van der Waals surface area contributed by atoms with Gasteiger partial charge in [0.1, 0.15) is 17.6 Å². The lowest BCUT2D eigenvalue weighted by Crippen LogP contribution is -2.44. The Balaban J connectivity index is 1.42. The van der Waals surface area contributed by atoms with Crippen molar-refractivity contribution >= 4 is 23.1 Å². The third-order valence-electron chi connectivity index (χ3n) is 7.16. The number of benzene rings is 1. The quantitative estimate of drug-likeness (QED) is 0.291. The highest BCUT2D eigenvalue weighted by atomic mass is 16.6. The van der Waals surface area contributed by atoms with Crippen LogP contribution in [0.5, 0.6) is 17.5 Å². The van der Waals surface area contributed by atoms with Gasteiger partial charge in [-0.2, -0.15) is 9.97 Å². The van der Waals surface area contributed by atoms with E-state index in [0.29, 0.717) is 48.1 Å². The van der Waals surface area contributed by atoms with E-state index in [1.807, 2.05) is 31.4 Å². The molecular formula is C30H38N6O5. The maximum absolute atomic E-state index is 13.7. The van der Waals surface area contributed by atoms with Crippen molar-refractivity contribution in [3.63, 3.8) is 0 Å². The molecule has 1 aromatic carbocycles. The second kappa shape index (κ2) is 11.8. The summed E-state index contributed by atoms with van der Waals surface area (Å²) in [6.45, 7) is 11.3. The number of imidazole rings is 1. The minimum Gasteiger partial charge on any atom is -0.489 e. The van der Waals surface area contributed by atoms with Crippen molar-refractivity contribution in [1.29, 1.82) is 0 Å². The number of piperidine rings is 1. The highest BCUT2D eigenvalue weighted by molar-refractivity contribution is 5.76. The molecule has 1 saturated carbocycles. The molecule has 0 amide bonds. The summed E-state index contributed by atoms with van der Waals surface area (Å²) >= 11 is 0. The largest absolute Gasteiger partial charge is 0.489 e. The fourth-order valence-electron chi connectivity index (χ4n) is 5.07. The minimum atomic E-state index is -0.270. The van der Waals surface area contributed by atoms with Gasteiger partial charge in [0.2, 0.25) is 5.95 Å². The van der Waals surface area contributed by atoms with Crippen LogP contribution in [0.3, 0.4) is 0 Å². The molecule has 3 atom stereocenters. The molecule has 2 aliphatic rings. The van der Waals surface area contributed by atoms with Gasteiger partial charge in [0.05, 0.1) is 12.0 Å². The fraction of sp³-hybridized carbons (Fsp3) is 0.467. The van der Waals surface area contributed by atoms with Crippen LogP contribution < -0.4 is 25.7 Å². The first-order chi connectivity index (χ1) is 19.6. The van der Waals surface area contributed by atoms with Gasteiger partial charge in [-0.15, -0.1) is 0 Å². The van der Waals surface area contributed by atoms with Crippen molar-refractivity contribution in [1.82, 2.24) is 19.1 Å². The Kier molecular flexibility index (Phi) is 8.16. The second-order valence-corrected chi connectivity index (χ2v) is 11.1. The summed E-state index contributed by atoms with van der Waals surface area (Å²) in [4.78, 5) is 37.4. The molecule has 3 heterocycles. The first kappa shape index (κ1) is 28.4. The molecule has 0 spiro atoms. The van der Waals surface area contributed by atoms with Gasteiger partial charge in [0, 0.05) is 45.2 Å². The molecular weight excluding hydrogens is 524 g/mol. The first-order valence-electron chi connectivity index (χ1n) is 14.1. The zero-order valence-corrected chi connectivity index (χ0v) is 24.1. The average Bonchev–Trinajstić information content (AvgIpc) is 3.59. The monoisotopic (exact) mass is 562 g/mol. The number of nitrogens with two attached hydrogens (primary N) is 1. The molecule has 11 heteroatoms. The zero-order valence-electron chi connectivity index (χ0n) is 24.1. The van der Waals surface area contributed by atoms with Gasteiger partial charge in [-0.3, -0.25) is 18.7 Å². The number of hydrogen-bond acceptors (Lipinski definition) is 9. The SMILES string of the molecule is C=C/C=C(\C)Cn1c(N2CCC[C@@H](N)C2)nc2nc(Oc3cccc(OC4CC4C(=O)OC(C)C)c3)n(C)c(=O)c21. The number of allylic oxidation sites excluding steroid dienone is 3. The number of anilines is 1. The molecule has 11 nitrogen and oxygen atoms in total. The van der Waals surface area contributed by atoms with E-state index in [-0.39, 0.29) is 41.7 Å². The predicted molar refractivity (Wildman–Crippen MR) is 156 cm³/mol. The van der Waals surface area contributed by atoms with Gasteiger partial charge >= 0.3 is 12.0 Å². The van der Waals surface area contributed by atoms with Gasteiger partial charge < -0.3 is 24.8 Å². The third-order valence-corrected chi connectivity index (χ3v) is 7.16. The van der Waals surface area contributed by atoms with Crippen LogP contribution in [0.15, 0.2) is 53.4 Å².